The molecular weight excluding hydrogens is 356 g/mol. The highest BCUT2D eigenvalue weighted by atomic mass is 127. The van der Waals surface area contributed by atoms with Crippen molar-refractivity contribution in [2.24, 2.45) is 0 Å². The Labute approximate surface area is 126 Å². The first kappa shape index (κ1) is 14.5. The molecule has 3 nitrogen and oxygen atoms in total. The molecule has 1 unspecified atom stereocenters. The van der Waals surface area contributed by atoms with Crippen LogP contribution in [0.4, 0.5) is 4.39 Å². The molecule has 0 saturated heterocycles. The lowest BCUT2D eigenvalue weighted by Gasteiger charge is -2.19. The highest BCUT2D eigenvalue weighted by Crippen LogP contribution is 2.26. The van der Waals surface area contributed by atoms with Gasteiger partial charge in [0.2, 0.25) is 0 Å². The summed E-state index contributed by atoms with van der Waals surface area (Å²) in [4.78, 5) is 0. The minimum Gasteiger partial charge on any atom is -0.308 e. The third-order valence-electron chi connectivity index (χ3n) is 3.04. The summed E-state index contributed by atoms with van der Waals surface area (Å²) in [5, 5.41) is 7.64. The standard InChI is InChI=1S/C14H17FIN3/c1-3-8-19-13(6-7-18-19)14(17-2)11-5-4-10(15)9-12(11)16/h4-7,9,14,17H,3,8H2,1-2H3. The molecule has 102 valence electrons. The highest BCUT2D eigenvalue weighted by Gasteiger charge is 2.18. The average Bonchev–Trinajstić information content (AvgIpc) is 2.82. The smallest absolute Gasteiger partial charge is 0.124 e. The van der Waals surface area contributed by atoms with E-state index in [1.54, 1.807) is 6.07 Å². The summed E-state index contributed by atoms with van der Waals surface area (Å²) < 4.78 is 16.1. The van der Waals surface area contributed by atoms with Gasteiger partial charge in [0.1, 0.15) is 5.82 Å². The fourth-order valence-electron chi connectivity index (χ4n) is 2.19. The summed E-state index contributed by atoms with van der Waals surface area (Å²) >= 11 is 2.17. The van der Waals surface area contributed by atoms with Crippen LogP contribution in [0.15, 0.2) is 30.5 Å². The van der Waals surface area contributed by atoms with Crippen molar-refractivity contribution in [1.82, 2.24) is 15.1 Å². The van der Waals surface area contributed by atoms with E-state index >= 15 is 0 Å². The Bertz CT molecular complexity index is 553. The van der Waals surface area contributed by atoms with Gasteiger partial charge in [-0.1, -0.05) is 13.0 Å². The molecule has 0 bridgehead atoms. The highest BCUT2D eigenvalue weighted by molar-refractivity contribution is 14.1. The van der Waals surface area contributed by atoms with E-state index in [4.69, 9.17) is 0 Å². The van der Waals surface area contributed by atoms with Gasteiger partial charge in [0, 0.05) is 16.3 Å². The summed E-state index contributed by atoms with van der Waals surface area (Å²) in [6.45, 7) is 3.01. The van der Waals surface area contributed by atoms with Crippen molar-refractivity contribution < 1.29 is 4.39 Å². The maximum absolute atomic E-state index is 13.2. The number of rotatable bonds is 5. The molecule has 0 amide bonds. The lowest BCUT2D eigenvalue weighted by atomic mass is 10.0. The predicted molar refractivity (Wildman–Crippen MR) is 82.5 cm³/mol. The van der Waals surface area contributed by atoms with Crippen LogP contribution in [0.25, 0.3) is 0 Å². The summed E-state index contributed by atoms with van der Waals surface area (Å²) in [6.07, 6.45) is 2.84. The predicted octanol–water partition coefficient (Wildman–Crippen LogP) is 3.35. The maximum Gasteiger partial charge on any atom is 0.124 e. The fourth-order valence-corrected chi connectivity index (χ4v) is 2.97. The molecule has 1 atom stereocenters. The number of hydrogen-bond acceptors (Lipinski definition) is 2. The lowest BCUT2D eigenvalue weighted by molar-refractivity contribution is 0.533. The zero-order valence-corrected chi connectivity index (χ0v) is 13.2. The van der Waals surface area contributed by atoms with Crippen LogP contribution in [0.1, 0.15) is 30.6 Å². The van der Waals surface area contributed by atoms with Gasteiger partial charge < -0.3 is 5.32 Å². The summed E-state index contributed by atoms with van der Waals surface area (Å²) in [5.41, 5.74) is 2.18. The Morgan fingerprint density at radius 1 is 1.42 bits per heavy atom. The first-order chi connectivity index (χ1) is 9.17. The Morgan fingerprint density at radius 3 is 2.84 bits per heavy atom. The fraction of sp³-hybridized carbons (Fsp3) is 0.357. The van der Waals surface area contributed by atoms with Crippen LogP contribution in [-0.4, -0.2) is 16.8 Å². The molecule has 5 heteroatoms. The van der Waals surface area contributed by atoms with Crippen LogP contribution in [0.2, 0.25) is 0 Å². The molecule has 1 aromatic heterocycles. The Morgan fingerprint density at radius 2 is 2.21 bits per heavy atom. The minimum atomic E-state index is -0.204. The van der Waals surface area contributed by atoms with Gasteiger partial charge in [-0.05, 0) is 59.8 Å². The summed E-state index contributed by atoms with van der Waals surface area (Å²) in [6, 6.07) is 6.93. The number of halogens is 2. The van der Waals surface area contributed by atoms with Crippen LogP contribution in [0.3, 0.4) is 0 Å². The number of aromatic nitrogens is 2. The van der Waals surface area contributed by atoms with Crippen LogP contribution in [0, 0.1) is 9.39 Å². The molecule has 2 rings (SSSR count). The number of nitrogens with zero attached hydrogens (tertiary/aromatic N) is 2. The van der Waals surface area contributed by atoms with E-state index in [1.807, 2.05) is 30.1 Å². The van der Waals surface area contributed by atoms with Gasteiger partial charge >= 0.3 is 0 Å². The third kappa shape index (κ3) is 3.14. The van der Waals surface area contributed by atoms with Gasteiger partial charge in [0.05, 0.1) is 11.7 Å². The van der Waals surface area contributed by atoms with E-state index in [2.05, 4.69) is 39.9 Å². The first-order valence-electron chi connectivity index (χ1n) is 6.31. The van der Waals surface area contributed by atoms with Crippen molar-refractivity contribution >= 4 is 22.6 Å². The van der Waals surface area contributed by atoms with E-state index in [0.29, 0.717) is 0 Å². The average molecular weight is 373 g/mol. The first-order valence-corrected chi connectivity index (χ1v) is 7.39. The molecule has 0 spiro atoms. The molecular formula is C14H17FIN3. The van der Waals surface area contributed by atoms with E-state index in [0.717, 1.165) is 27.8 Å². The second-order valence-corrected chi connectivity index (χ2v) is 5.53. The molecule has 1 aromatic carbocycles. The Balaban J connectivity index is 2.41. The number of benzene rings is 1. The van der Waals surface area contributed by atoms with E-state index < -0.39 is 0 Å². The van der Waals surface area contributed by atoms with Crippen LogP contribution >= 0.6 is 22.6 Å². The molecule has 1 heterocycles. The van der Waals surface area contributed by atoms with E-state index in [9.17, 15) is 4.39 Å². The van der Waals surface area contributed by atoms with Gasteiger partial charge in [0.15, 0.2) is 0 Å². The lowest BCUT2D eigenvalue weighted by Crippen LogP contribution is -2.22. The van der Waals surface area contributed by atoms with Crippen molar-refractivity contribution in [2.75, 3.05) is 7.05 Å². The second kappa shape index (κ2) is 6.47. The van der Waals surface area contributed by atoms with Crippen LogP contribution < -0.4 is 5.32 Å². The van der Waals surface area contributed by atoms with E-state index in [-0.39, 0.29) is 11.9 Å². The maximum atomic E-state index is 13.2. The number of nitrogens with one attached hydrogen (secondary N) is 1. The monoisotopic (exact) mass is 373 g/mol. The Hall–Kier alpha value is -0.950. The molecule has 0 radical (unpaired) electrons. The van der Waals surface area contributed by atoms with Crippen LogP contribution in [0.5, 0.6) is 0 Å². The zero-order valence-electron chi connectivity index (χ0n) is 11.0. The quantitative estimate of drug-likeness (QED) is 0.815. The molecule has 0 fully saturated rings. The van der Waals surface area contributed by atoms with Crippen molar-refractivity contribution in [3.8, 4) is 0 Å². The SMILES string of the molecule is CCCn1nccc1C(NC)c1ccc(F)cc1I. The largest absolute Gasteiger partial charge is 0.308 e. The number of hydrogen-bond donors (Lipinski definition) is 1. The van der Waals surface area contributed by atoms with Crippen molar-refractivity contribution in [1.29, 1.82) is 0 Å². The third-order valence-corrected chi connectivity index (χ3v) is 3.98. The summed E-state index contributed by atoms with van der Waals surface area (Å²) in [7, 11) is 1.91. The normalized spacial score (nSPS) is 12.6. The van der Waals surface area contributed by atoms with Gasteiger partial charge in [-0.2, -0.15) is 5.10 Å². The van der Waals surface area contributed by atoms with Gasteiger partial charge in [0.25, 0.3) is 0 Å². The Kier molecular flexibility index (Phi) is 4.93. The molecule has 0 aliphatic carbocycles. The topological polar surface area (TPSA) is 29.9 Å². The second-order valence-electron chi connectivity index (χ2n) is 4.37. The number of aryl methyl sites for hydroxylation is 1. The molecule has 1 N–H and O–H groups in total. The zero-order chi connectivity index (χ0) is 13.8. The molecule has 0 saturated carbocycles. The van der Waals surface area contributed by atoms with Gasteiger partial charge in [-0.25, -0.2) is 4.39 Å². The summed E-state index contributed by atoms with van der Waals surface area (Å²) in [5.74, 6) is -0.204. The van der Waals surface area contributed by atoms with E-state index in [1.165, 1.54) is 6.07 Å². The van der Waals surface area contributed by atoms with Crippen molar-refractivity contribution in [3.63, 3.8) is 0 Å². The minimum absolute atomic E-state index is 0.0292. The molecule has 0 aliphatic heterocycles. The van der Waals surface area contributed by atoms with Crippen molar-refractivity contribution in [3.05, 3.63) is 51.1 Å². The van der Waals surface area contributed by atoms with Gasteiger partial charge in [-0.15, -0.1) is 0 Å². The van der Waals surface area contributed by atoms with Crippen LogP contribution in [-0.2, 0) is 6.54 Å². The van der Waals surface area contributed by atoms with Crippen molar-refractivity contribution in [2.45, 2.75) is 25.9 Å². The molecule has 2 aromatic rings. The van der Waals surface area contributed by atoms with Gasteiger partial charge in [-0.3, -0.25) is 4.68 Å². The molecule has 19 heavy (non-hydrogen) atoms. The molecule has 0 aliphatic rings.